The summed E-state index contributed by atoms with van der Waals surface area (Å²) in [5, 5.41) is 12.7. The largest absolute Gasteiger partial charge is 0.481 e. The van der Waals surface area contributed by atoms with Gasteiger partial charge in [0.05, 0.1) is 12.1 Å². The molecule has 0 aromatic carbocycles. The van der Waals surface area contributed by atoms with Crippen LogP contribution in [-0.4, -0.2) is 20.9 Å². The van der Waals surface area contributed by atoms with Crippen LogP contribution in [0.15, 0.2) is 12.4 Å². The minimum Gasteiger partial charge on any atom is -0.481 e. The molecule has 0 saturated heterocycles. The molecule has 0 amide bonds. The summed E-state index contributed by atoms with van der Waals surface area (Å²) >= 11 is 0. The van der Waals surface area contributed by atoms with Gasteiger partial charge >= 0.3 is 5.97 Å². The Morgan fingerprint density at radius 3 is 3.00 bits per heavy atom. The molecule has 1 aliphatic carbocycles. The Labute approximate surface area is 69.8 Å². The van der Waals surface area contributed by atoms with Crippen LogP contribution in [0.5, 0.6) is 0 Å². The molecule has 64 valence electrons. The van der Waals surface area contributed by atoms with Gasteiger partial charge in [-0.2, -0.15) is 5.10 Å². The molecule has 12 heavy (non-hydrogen) atoms. The molecule has 0 aliphatic heterocycles. The van der Waals surface area contributed by atoms with Crippen LogP contribution >= 0.6 is 0 Å². The van der Waals surface area contributed by atoms with Crippen LogP contribution in [0.4, 0.5) is 0 Å². The van der Waals surface area contributed by atoms with Gasteiger partial charge in [0, 0.05) is 19.2 Å². The van der Waals surface area contributed by atoms with Crippen molar-refractivity contribution < 1.29 is 9.90 Å². The standard InChI is InChI=1S/C8H10N2O2/c1-10-4-5(3-9-10)6-2-7(6)8(11)12/h3-4,6-7H,2H2,1H3,(H,11,12)/t6-,7-/m1/s1. The summed E-state index contributed by atoms with van der Waals surface area (Å²) in [5.74, 6) is -0.658. The third-order valence-electron chi connectivity index (χ3n) is 2.26. The highest BCUT2D eigenvalue weighted by atomic mass is 16.4. The van der Waals surface area contributed by atoms with Crippen molar-refractivity contribution in [1.29, 1.82) is 0 Å². The number of carboxylic acid groups (broad SMARTS) is 1. The van der Waals surface area contributed by atoms with E-state index in [0.717, 1.165) is 12.0 Å². The van der Waals surface area contributed by atoms with Crippen LogP contribution in [0.25, 0.3) is 0 Å². The van der Waals surface area contributed by atoms with Gasteiger partial charge in [-0.15, -0.1) is 0 Å². The molecule has 0 spiro atoms. The van der Waals surface area contributed by atoms with Gasteiger partial charge in [-0.1, -0.05) is 0 Å². The maximum absolute atomic E-state index is 10.5. The summed E-state index contributed by atoms with van der Waals surface area (Å²) in [6, 6.07) is 0. The molecule has 1 aromatic heterocycles. The van der Waals surface area contributed by atoms with Crippen LogP contribution in [0.3, 0.4) is 0 Å². The van der Waals surface area contributed by atoms with E-state index in [-0.39, 0.29) is 11.8 Å². The first-order chi connectivity index (χ1) is 5.68. The highest BCUT2D eigenvalue weighted by Crippen LogP contribution is 2.47. The van der Waals surface area contributed by atoms with Gasteiger partial charge in [0.15, 0.2) is 0 Å². The van der Waals surface area contributed by atoms with Gasteiger partial charge in [0.25, 0.3) is 0 Å². The maximum Gasteiger partial charge on any atom is 0.307 e. The second-order valence-electron chi connectivity index (χ2n) is 3.23. The number of carboxylic acids is 1. The van der Waals surface area contributed by atoms with Crippen molar-refractivity contribution in [2.75, 3.05) is 0 Å². The zero-order valence-corrected chi connectivity index (χ0v) is 6.77. The number of aliphatic carboxylic acids is 1. The van der Waals surface area contributed by atoms with Gasteiger partial charge in [-0.3, -0.25) is 9.48 Å². The van der Waals surface area contributed by atoms with E-state index in [1.807, 2.05) is 13.2 Å². The van der Waals surface area contributed by atoms with E-state index in [2.05, 4.69) is 5.10 Å². The van der Waals surface area contributed by atoms with Gasteiger partial charge in [0.1, 0.15) is 0 Å². The smallest absolute Gasteiger partial charge is 0.307 e. The first kappa shape index (κ1) is 7.34. The monoisotopic (exact) mass is 166 g/mol. The molecule has 2 rings (SSSR count). The molecule has 1 heterocycles. The van der Waals surface area contributed by atoms with Crippen LogP contribution in [-0.2, 0) is 11.8 Å². The van der Waals surface area contributed by atoms with Crippen LogP contribution in [0.1, 0.15) is 17.9 Å². The van der Waals surface area contributed by atoms with E-state index < -0.39 is 5.97 Å². The summed E-state index contributed by atoms with van der Waals surface area (Å²) in [4.78, 5) is 10.5. The molecule has 1 aliphatic rings. The zero-order chi connectivity index (χ0) is 8.72. The third-order valence-corrected chi connectivity index (χ3v) is 2.26. The van der Waals surface area contributed by atoms with E-state index in [9.17, 15) is 4.79 Å². The molecule has 1 N–H and O–H groups in total. The van der Waals surface area contributed by atoms with Crippen molar-refractivity contribution in [1.82, 2.24) is 9.78 Å². The predicted molar refractivity (Wildman–Crippen MR) is 41.7 cm³/mol. The lowest BCUT2D eigenvalue weighted by Crippen LogP contribution is -1.98. The SMILES string of the molecule is Cn1cc([C@H]2C[C@H]2C(=O)O)cn1. The fourth-order valence-corrected chi connectivity index (χ4v) is 1.47. The highest BCUT2D eigenvalue weighted by Gasteiger charge is 2.44. The highest BCUT2D eigenvalue weighted by molar-refractivity contribution is 5.75. The number of aromatic nitrogens is 2. The summed E-state index contributed by atoms with van der Waals surface area (Å²) < 4.78 is 1.70. The van der Waals surface area contributed by atoms with Crippen LogP contribution in [0.2, 0.25) is 0 Å². The van der Waals surface area contributed by atoms with E-state index in [0.29, 0.717) is 0 Å². The number of aryl methyl sites for hydroxylation is 1. The average Bonchev–Trinajstić information content (AvgIpc) is 2.70. The summed E-state index contributed by atoms with van der Waals surface area (Å²) in [6.07, 6.45) is 4.39. The lowest BCUT2D eigenvalue weighted by Gasteiger charge is -1.89. The molecule has 0 unspecified atom stereocenters. The number of rotatable bonds is 2. The summed E-state index contributed by atoms with van der Waals surface area (Å²) in [6.45, 7) is 0. The Kier molecular flexibility index (Phi) is 1.43. The Balaban J connectivity index is 2.10. The molecule has 4 nitrogen and oxygen atoms in total. The van der Waals surface area contributed by atoms with Crippen molar-refractivity contribution >= 4 is 5.97 Å². The van der Waals surface area contributed by atoms with E-state index in [1.165, 1.54) is 0 Å². The van der Waals surface area contributed by atoms with Crippen molar-refractivity contribution in [3.05, 3.63) is 18.0 Å². The molecule has 4 heteroatoms. The topological polar surface area (TPSA) is 55.1 Å². The number of hydrogen-bond acceptors (Lipinski definition) is 2. The Bertz CT molecular complexity index is 319. The maximum atomic E-state index is 10.5. The minimum absolute atomic E-state index is 0.172. The number of nitrogens with zero attached hydrogens (tertiary/aromatic N) is 2. The van der Waals surface area contributed by atoms with Crippen molar-refractivity contribution in [3.63, 3.8) is 0 Å². The lowest BCUT2D eigenvalue weighted by atomic mass is 10.2. The van der Waals surface area contributed by atoms with Crippen molar-refractivity contribution in [2.45, 2.75) is 12.3 Å². The Morgan fingerprint density at radius 2 is 2.58 bits per heavy atom. The minimum atomic E-state index is -0.691. The van der Waals surface area contributed by atoms with Gasteiger partial charge in [0.2, 0.25) is 0 Å². The Morgan fingerprint density at radius 1 is 1.83 bits per heavy atom. The van der Waals surface area contributed by atoms with Crippen LogP contribution in [0, 0.1) is 5.92 Å². The van der Waals surface area contributed by atoms with E-state index in [4.69, 9.17) is 5.11 Å². The second-order valence-corrected chi connectivity index (χ2v) is 3.23. The van der Waals surface area contributed by atoms with E-state index in [1.54, 1.807) is 10.9 Å². The first-order valence-corrected chi connectivity index (χ1v) is 3.90. The van der Waals surface area contributed by atoms with Crippen molar-refractivity contribution in [3.8, 4) is 0 Å². The zero-order valence-electron chi connectivity index (χ0n) is 6.77. The lowest BCUT2D eigenvalue weighted by molar-refractivity contribution is -0.138. The normalized spacial score (nSPS) is 27.1. The molecule has 2 atom stereocenters. The number of hydrogen-bond donors (Lipinski definition) is 1. The molecular formula is C8H10N2O2. The van der Waals surface area contributed by atoms with E-state index >= 15 is 0 Å². The fraction of sp³-hybridized carbons (Fsp3) is 0.500. The van der Waals surface area contributed by atoms with Gasteiger partial charge < -0.3 is 5.11 Å². The second kappa shape index (κ2) is 2.33. The number of carbonyl (C=O) groups is 1. The molecule has 0 bridgehead atoms. The Hall–Kier alpha value is -1.32. The molecule has 1 fully saturated rings. The van der Waals surface area contributed by atoms with Gasteiger partial charge in [-0.05, 0) is 12.0 Å². The molecule has 1 aromatic rings. The van der Waals surface area contributed by atoms with Crippen molar-refractivity contribution in [2.24, 2.45) is 13.0 Å². The molecule has 1 saturated carbocycles. The van der Waals surface area contributed by atoms with Crippen LogP contribution < -0.4 is 0 Å². The van der Waals surface area contributed by atoms with Gasteiger partial charge in [-0.25, -0.2) is 0 Å². The predicted octanol–water partition coefficient (Wildman–Crippen LogP) is 0.608. The molecular weight excluding hydrogens is 156 g/mol. The third kappa shape index (κ3) is 1.09. The molecule has 0 radical (unpaired) electrons. The average molecular weight is 166 g/mol. The summed E-state index contributed by atoms with van der Waals surface area (Å²) in [5.41, 5.74) is 1.05. The summed E-state index contributed by atoms with van der Waals surface area (Å²) in [7, 11) is 1.83. The first-order valence-electron chi connectivity index (χ1n) is 3.90. The quantitative estimate of drug-likeness (QED) is 0.700. The fourth-order valence-electron chi connectivity index (χ4n) is 1.47.